The first-order valence-electron chi connectivity index (χ1n) is 6.51. The van der Waals surface area contributed by atoms with Crippen LogP contribution in [-0.2, 0) is 4.74 Å². The predicted octanol–water partition coefficient (Wildman–Crippen LogP) is 1.61. The molecular weight excluding hydrogens is 228 g/mol. The van der Waals surface area contributed by atoms with E-state index in [9.17, 15) is 4.79 Å². The van der Waals surface area contributed by atoms with Crippen molar-refractivity contribution >= 4 is 5.91 Å². The minimum absolute atomic E-state index is 0.0130. The molecule has 4 heteroatoms. The van der Waals surface area contributed by atoms with Crippen LogP contribution in [0.3, 0.4) is 0 Å². The van der Waals surface area contributed by atoms with Crippen molar-refractivity contribution in [3.8, 4) is 0 Å². The average molecular weight is 246 g/mol. The molecule has 0 spiro atoms. The first-order chi connectivity index (χ1) is 8.65. The number of amides is 1. The molecule has 1 saturated carbocycles. The van der Waals surface area contributed by atoms with Gasteiger partial charge >= 0.3 is 0 Å². The minimum Gasteiger partial charge on any atom is -0.378 e. The molecule has 1 N–H and O–H groups in total. The molecule has 1 amide bonds. The maximum atomic E-state index is 12.1. The number of nitrogens with zero attached hydrogens (tertiary/aromatic N) is 1. The Morgan fingerprint density at radius 2 is 2.33 bits per heavy atom. The summed E-state index contributed by atoms with van der Waals surface area (Å²) in [6.45, 7) is 4.76. The van der Waals surface area contributed by atoms with E-state index in [0.29, 0.717) is 17.6 Å². The van der Waals surface area contributed by atoms with Crippen molar-refractivity contribution in [3.05, 3.63) is 29.1 Å². The topological polar surface area (TPSA) is 51.2 Å². The van der Waals surface area contributed by atoms with E-state index in [0.717, 1.165) is 30.7 Å². The summed E-state index contributed by atoms with van der Waals surface area (Å²) >= 11 is 0. The normalized spacial score (nSPS) is 29.6. The van der Waals surface area contributed by atoms with Crippen molar-refractivity contribution < 1.29 is 9.53 Å². The van der Waals surface area contributed by atoms with Crippen LogP contribution in [0.4, 0.5) is 0 Å². The van der Waals surface area contributed by atoms with Gasteiger partial charge in [-0.3, -0.25) is 9.78 Å². The van der Waals surface area contributed by atoms with E-state index in [1.54, 1.807) is 6.20 Å². The number of pyridine rings is 1. The van der Waals surface area contributed by atoms with Gasteiger partial charge in [-0.05, 0) is 38.3 Å². The van der Waals surface area contributed by atoms with Gasteiger partial charge in [-0.2, -0.15) is 0 Å². The van der Waals surface area contributed by atoms with Crippen molar-refractivity contribution in [2.24, 2.45) is 5.92 Å². The Morgan fingerprint density at radius 3 is 3.06 bits per heavy atom. The summed E-state index contributed by atoms with van der Waals surface area (Å²) in [5.41, 5.74) is 2.68. The van der Waals surface area contributed by atoms with Crippen molar-refractivity contribution in [2.75, 3.05) is 6.61 Å². The van der Waals surface area contributed by atoms with Crippen molar-refractivity contribution in [1.82, 2.24) is 10.3 Å². The van der Waals surface area contributed by atoms with Gasteiger partial charge in [-0.1, -0.05) is 0 Å². The Kier molecular flexibility index (Phi) is 2.82. The fraction of sp³-hybridized carbons (Fsp3) is 0.571. The lowest BCUT2D eigenvalue weighted by atomic mass is 9.76. The highest BCUT2D eigenvalue weighted by Gasteiger charge is 2.45. The number of carbonyl (C=O) groups excluding carboxylic acids is 1. The fourth-order valence-electron chi connectivity index (χ4n) is 2.78. The molecule has 4 nitrogen and oxygen atoms in total. The van der Waals surface area contributed by atoms with Crippen LogP contribution in [0.5, 0.6) is 0 Å². The first-order valence-corrected chi connectivity index (χ1v) is 6.51. The summed E-state index contributed by atoms with van der Waals surface area (Å²) in [5.74, 6) is 0.509. The molecular formula is C14H18N2O2. The zero-order valence-electron chi connectivity index (χ0n) is 10.8. The smallest absolute Gasteiger partial charge is 0.253 e. The molecule has 1 aliphatic carbocycles. The van der Waals surface area contributed by atoms with Crippen LogP contribution in [0.2, 0.25) is 0 Å². The number of fused-ring (bicyclic) bond motifs is 1. The average Bonchev–Trinajstić information content (AvgIpc) is 2.71. The molecule has 3 rings (SSSR count). The second-order valence-electron chi connectivity index (χ2n) is 5.30. The van der Waals surface area contributed by atoms with Crippen LogP contribution in [0.25, 0.3) is 0 Å². The Bertz CT molecular complexity index is 487. The lowest BCUT2D eigenvalue weighted by molar-refractivity contribution is 0.00809. The lowest BCUT2D eigenvalue weighted by Crippen LogP contribution is -2.53. The van der Waals surface area contributed by atoms with E-state index < -0.39 is 0 Å². The monoisotopic (exact) mass is 246 g/mol. The Balaban J connectivity index is 1.66. The molecule has 18 heavy (non-hydrogen) atoms. The van der Waals surface area contributed by atoms with Crippen LogP contribution < -0.4 is 5.32 Å². The zero-order chi connectivity index (χ0) is 12.7. The predicted molar refractivity (Wildman–Crippen MR) is 67.4 cm³/mol. The van der Waals surface area contributed by atoms with E-state index in [1.165, 1.54) is 0 Å². The Labute approximate surface area is 107 Å². The summed E-state index contributed by atoms with van der Waals surface area (Å²) in [6, 6.07) is 2.19. The number of aryl methyl sites for hydroxylation is 2. The number of aromatic nitrogens is 1. The van der Waals surface area contributed by atoms with Gasteiger partial charge in [0.05, 0.1) is 11.7 Å². The van der Waals surface area contributed by atoms with Crippen LogP contribution >= 0.6 is 0 Å². The molecule has 2 heterocycles. The third-order valence-electron chi connectivity index (χ3n) is 4.18. The molecule has 2 fully saturated rings. The number of nitrogens with one attached hydrogen (secondary N) is 1. The lowest BCUT2D eigenvalue weighted by Gasteiger charge is -2.39. The molecule has 1 saturated heterocycles. The second-order valence-corrected chi connectivity index (χ2v) is 5.30. The Morgan fingerprint density at radius 1 is 1.50 bits per heavy atom. The molecule has 1 aromatic heterocycles. The fourth-order valence-corrected chi connectivity index (χ4v) is 2.78. The van der Waals surface area contributed by atoms with Crippen molar-refractivity contribution in [3.63, 3.8) is 0 Å². The van der Waals surface area contributed by atoms with Crippen molar-refractivity contribution in [2.45, 2.75) is 38.8 Å². The summed E-state index contributed by atoms with van der Waals surface area (Å²) in [7, 11) is 0. The first kappa shape index (κ1) is 11.7. The molecule has 0 radical (unpaired) electrons. The van der Waals surface area contributed by atoms with E-state index in [4.69, 9.17) is 4.74 Å². The largest absolute Gasteiger partial charge is 0.378 e. The van der Waals surface area contributed by atoms with Gasteiger partial charge in [-0.25, -0.2) is 0 Å². The van der Waals surface area contributed by atoms with Crippen molar-refractivity contribution in [1.29, 1.82) is 0 Å². The highest BCUT2D eigenvalue weighted by Crippen LogP contribution is 2.38. The zero-order valence-corrected chi connectivity index (χ0v) is 10.8. The summed E-state index contributed by atoms with van der Waals surface area (Å²) in [5, 5.41) is 3.09. The highest BCUT2D eigenvalue weighted by atomic mass is 16.5. The van der Waals surface area contributed by atoms with Crippen LogP contribution in [-0.4, -0.2) is 29.6 Å². The standard InChI is InChI=1S/C14H18N2O2/c1-8-5-10(7-15-9(8)2)14(17)16-12-6-13-11(12)3-4-18-13/h5,7,11-13H,3-4,6H2,1-2H3,(H,16,17)/t11-,12+,13+/m1/s1. The quantitative estimate of drug-likeness (QED) is 0.862. The van der Waals surface area contributed by atoms with Gasteiger partial charge < -0.3 is 10.1 Å². The molecule has 3 atom stereocenters. The van der Waals surface area contributed by atoms with Gasteiger partial charge in [0.1, 0.15) is 0 Å². The molecule has 2 aliphatic rings. The maximum absolute atomic E-state index is 12.1. The number of hydrogen-bond donors (Lipinski definition) is 1. The second kappa shape index (κ2) is 4.35. The third kappa shape index (κ3) is 1.90. The van der Waals surface area contributed by atoms with E-state index in [1.807, 2.05) is 19.9 Å². The van der Waals surface area contributed by atoms with Gasteiger partial charge in [0, 0.05) is 30.5 Å². The Hall–Kier alpha value is -1.42. The van der Waals surface area contributed by atoms with Crippen LogP contribution in [0.15, 0.2) is 12.3 Å². The van der Waals surface area contributed by atoms with Gasteiger partial charge in [0.2, 0.25) is 0 Å². The van der Waals surface area contributed by atoms with E-state index in [2.05, 4.69) is 10.3 Å². The van der Waals surface area contributed by atoms with Crippen LogP contribution in [0.1, 0.15) is 34.5 Å². The number of rotatable bonds is 2. The third-order valence-corrected chi connectivity index (χ3v) is 4.18. The van der Waals surface area contributed by atoms with Gasteiger partial charge in [0.15, 0.2) is 0 Å². The molecule has 0 bridgehead atoms. The maximum Gasteiger partial charge on any atom is 0.253 e. The molecule has 0 unspecified atom stereocenters. The summed E-state index contributed by atoms with van der Waals surface area (Å²) in [6.07, 6.45) is 4.06. The van der Waals surface area contributed by atoms with E-state index in [-0.39, 0.29) is 11.9 Å². The SMILES string of the molecule is Cc1cc(C(=O)N[C@H]2C[C@@H]3OCC[C@H]23)cnc1C. The number of carbonyl (C=O) groups is 1. The molecule has 96 valence electrons. The molecule has 1 aromatic rings. The number of hydrogen-bond acceptors (Lipinski definition) is 3. The van der Waals surface area contributed by atoms with Gasteiger partial charge in [-0.15, -0.1) is 0 Å². The molecule has 1 aliphatic heterocycles. The van der Waals surface area contributed by atoms with Gasteiger partial charge in [0.25, 0.3) is 5.91 Å². The van der Waals surface area contributed by atoms with Crippen LogP contribution in [0, 0.1) is 19.8 Å². The molecule has 0 aromatic carbocycles. The van der Waals surface area contributed by atoms with E-state index >= 15 is 0 Å². The highest BCUT2D eigenvalue weighted by molar-refractivity contribution is 5.94. The number of ether oxygens (including phenoxy) is 1. The summed E-state index contributed by atoms with van der Waals surface area (Å²) < 4.78 is 5.54. The summed E-state index contributed by atoms with van der Waals surface area (Å²) in [4.78, 5) is 16.3. The minimum atomic E-state index is -0.0130.